The van der Waals surface area contributed by atoms with Gasteiger partial charge in [0.1, 0.15) is 6.61 Å². The number of ether oxygens (including phenoxy) is 2. The lowest BCUT2D eigenvalue weighted by Crippen LogP contribution is -2.13. The van der Waals surface area contributed by atoms with Gasteiger partial charge >= 0.3 is 0 Å². The number of halogens is 2. The fourth-order valence-electron chi connectivity index (χ4n) is 2.14. The van der Waals surface area contributed by atoms with Crippen LogP contribution in [0.15, 0.2) is 49.1 Å². The Morgan fingerprint density at radius 2 is 1.79 bits per heavy atom. The Balaban J connectivity index is 2.13. The molecule has 0 fully saturated rings. The number of hydrogen-bond donors (Lipinski definition) is 1. The summed E-state index contributed by atoms with van der Waals surface area (Å²) >= 11 is 12.3. The zero-order valence-corrected chi connectivity index (χ0v) is 15.2. The highest BCUT2D eigenvalue weighted by Crippen LogP contribution is 2.34. The summed E-state index contributed by atoms with van der Waals surface area (Å²) in [5.41, 5.74) is 1.98. The van der Waals surface area contributed by atoms with E-state index in [-0.39, 0.29) is 0 Å². The van der Waals surface area contributed by atoms with Gasteiger partial charge in [0, 0.05) is 29.2 Å². The fraction of sp³-hybridized carbons (Fsp3) is 0.263. The van der Waals surface area contributed by atoms with Crippen molar-refractivity contribution in [3.05, 3.63) is 70.2 Å². The average molecular weight is 366 g/mol. The van der Waals surface area contributed by atoms with E-state index in [1.807, 2.05) is 37.3 Å². The second-order valence-corrected chi connectivity index (χ2v) is 6.00. The fourth-order valence-corrected chi connectivity index (χ4v) is 2.49. The van der Waals surface area contributed by atoms with E-state index in [2.05, 4.69) is 11.9 Å². The maximum atomic E-state index is 6.36. The van der Waals surface area contributed by atoms with Gasteiger partial charge in [-0.25, -0.2) is 0 Å². The van der Waals surface area contributed by atoms with Gasteiger partial charge in [0.2, 0.25) is 0 Å². The van der Waals surface area contributed by atoms with Crippen molar-refractivity contribution in [2.75, 3.05) is 13.2 Å². The van der Waals surface area contributed by atoms with E-state index in [9.17, 15) is 0 Å². The zero-order valence-electron chi connectivity index (χ0n) is 13.6. The molecule has 0 atom stereocenters. The number of hydrogen-bond acceptors (Lipinski definition) is 3. The Kier molecular flexibility index (Phi) is 7.44. The molecule has 0 aliphatic carbocycles. The molecule has 2 aromatic carbocycles. The van der Waals surface area contributed by atoms with E-state index < -0.39 is 0 Å². The summed E-state index contributed by atoms with van der Waals surface area (Å²) in [6.45, 7) is 7.95. The van der Waals surface area contributed by atoms with E-state index in [1.165, 1.54) is 0 Å². The average Bonchev–Trinajstić information content (AvgIpc) is 2.58. The van der Waals surface area contributed by atoms with Crippen molar-refractivity contribution < 1.29 is 9.47 Å². The Hall–Kier alpha value is -1.68. The molecule has 0 unspecified atom stereocenters. The highest BCUT2D eigenvalue weighted by atomic mass is 35.5. The van der Waals surface area contributed by atoms with Crippen LogP contribution in [0.4, 0.5) is 0 Å². The van der Waals surface area contributed by atoms with Gasteiger partial charge in [-0.1, -0.05) is 41.4 Å². The largest absolute Gasteiger partial charge is 0.490 e. The van der Waals surface area contributed by atoms with Crippen molar-refractivity contribution in [3.8, 4) is 11.5 Å². The van der Waals surface area contributed by atoms with Gasteiger partial charge in [-0.15, -0.1) is 6.58 Å². The molecule has 0 spiro atoms. The molecule has 0 saturated heterocycles. The summed E-state index contributed by atoms with van der Waals surface area (Å²) in [6, 6.07) is 11.2. The summed E-state index contributed by atoms with van der Waals surface area (Å²) < 4.78 is 11.6. The summed E-state index contributed by atoms with van der Waals surface area (Å²) in [5.74, 6) is 1.32. The SMILES string of the molecule is C=CCNCc1cc(OCC)c(OCc2ccc(Cl)cc2)cc1Cl. The van der Waals surface area contributed by atoms with Crippen molar-refractivity contribution in [1.82, 2.24) is 5.32 Å². The van der Waals surface area contributed by atoms with Crippen LogP contribution in [-0.4, -0.2) is 13.2 Å². The Morgan fingerprint density at radius 3 is 2.46 bits per heavy atom. The second kappa shape index (κ2) is 9.58. The highest BCUT2D eigenvalue weighted by molar-refractivity contribution is 6.31. The van der Waals surface area contributed by atoms with E-state index in [4.69, 9.17) is 32.7 Å². The van der Waals surface area contributed by atoms with Crippen LogP contribution in [0.3, 0.4) is 0 Å². The Bertz CT molecular complexity index is 672. The zero-order chi connectivity index (χ0) is 17.4. The van der Waals surface area contributed by atoms with Crippen molar-refractivity contribution in [2.24, 2.45) is 0 Å². The molecule has 0 amide bonds. The molecule has 3 nitrogen and oxygen atoms in total. The summed E-state index contributed by atoms with van der Waals surface area (Å²) in [5, 5.41) is 4.57. The minimum Gasteiger partial charge on any atom is -0.490 e. The van der Waals surface area contributed by atoms with Crippen molar-refractivity contribution in [2.45, 2.75) is 20.1 Å². The van der Waals surface area contributed by atoms with Crippen LogP contribution in [0.5, 0.6) is 11.5 Å². The molecule has 0 aliphatic heterocycles. The first-order chi connectivity index (χ1) is 11.6. The predicted octanol–water partition coefficient (Wildman–Crippen LogP) is 5.25. The molecule has 2 rings (SSSR count). The molecule has 5 heteroatoms. The molecule has 128 valence electrons. The third-order valence-corrected chi connectivity index (χ3v) is 3.93. The molecule has 0 bridgehead atoms. The molecule has 0 aliphatic rings. The van der Waals surface area contributed by atoms with Crippen molar-refractivity contribution >= 4 is 23.2 Å². The van der Waals surface area contributed by atoms with Crippen LogP contribution in [0, 0.1) is 0 Å². The highest BCUT2D eigenvalue weighted by Gasteiger charge is 2.11. The molecular formula is C19H21Cl2NO2. The molecule has 0 aromatic heterocycles. The molecule has 24 heavy (non-hydrogen) atoms. The summed E-state index contributed by atoms with van der Waals surface area (Å²) in [6.07, 6.45) is 1.81. The quantitative estimate of drug-likeness (QED) is 0.486. The van der Waals surface area contributed by atoms with E-state index in [1.54, 1.807) is 12.1 Å². The minimum atomic E-state index is 0.418. The second-order valence-electron chi connectivity index (χ2n) is 5.16. The topological polar surface area (TPSA) is 30.5 Å². The molecule has 0 saturated carbocycles. The standard InChI is InChI=1S/C19H21Cl2NO2/c1-3-9-22-12-15-10-18(23-4-2)19(11-17(15)21)24-13-14-5-7-16(20)8-6-14/h3,5-8,10-11,22H,1,4,9,12-13H2,2H3. The van der Waals surface area contributed by atoms with Gasteiger partial charge in [0.05, 0.1) is 6.61 Å². The lowest BCUT2D eigenvalue weighted by atomic mass is 10.2. The Morgan fingerprint density at radius 1 is 1.08 bits per heavy atom. The van der Waals surface area contributed by atoms with E-state index in [0.717, 1.165) is 17.7 Å². The van der Waals surface area contributed by atoms with Gasteiger partial charge < -0.3 is 14.8 Å². The van der Waals surface area contributed by atoms with Crippen LogP contribution >= 0.6 is 23.2 Å². The van der Waals surface area contributed by atoms with Crippen LogP contribution in [0.25, 0.3) is 0 Å². The summed E-state index contributed by atoms with van der Waals surface area (Å²) in [7, 11) is 0. The van der Waals surface area contributed by atoms with Gasteiger partial charge in [-0.05, 0) is 36.2 Å². The normalized spacial score (nSPS) is 10.5. The van der Waals surface area contributed by atoms with Gasteiger partial charge in [0.25, 0.3) is 0 Å². The Labute approximate surface area is 153 Å². The maximum Gasteiger partial charge on any atom is 0.163 e. The molecule has 1 N–H and O–H groups in total. The van der Waals surface area contributed by atoms with Gasteiger partial charge in [-0.2, -0.15) is 0 Å². The third kappa shape index (κ3) is 5.45. The van der Waals surface area contributed by atoms with Crippen molar-refractivity contribution in [3.63, 3.8) is 0 Å². The molecule has 0 radical (unpaired) electrons. The monoisotopic (exact) mass is 365 g/mol. The minimum absolute atomic E-state index is 0.418. The molecule has 0 heterocycles. The maximum absolute atomic E-state index is 6.36. The van der Waals surface area contributed by atoms with E-state index >= 15 is 0 Å². The smallest absolute Gasteiger partial charge is 0.163 e. The third-order valence-electron chi connectivity index (χ3n) is 3.32. The van der Waals surface area contributed by atoms with Crippen LogP contribution in [0.1, 0.15) is 18.1 Å². The molecule has 2 aromatic rings. The number of rotatable bonds is 9. The first kappa shape index (κ1) is 18.7. The van der Waals surface area contributed by atoms with Crippen LogP contribution in [0.2, 0.25) is 10.0 Å². The summed E-state index contributed by atoms with van der Waals surface area (Å²) in [4.78, 5) is 0. The molecular weight excluding hydrogens is 345 g/mol. The number of nitrogens with one attached hydrogen (secondary N) is 1. The van der Waals surface area contributed by atoms with Gasteiger partial charge in [-0.3, -0.25) is 0 Å². The predicted molar refractivity (Wildman–Crippen MR) is 100 cm³/mol. The first-order valence-corrected chi connectivity index (χ1v) is 8.53. The number of benzene rings is 2. The van der Waals surface area contributed by atoms with Crippen molar-refractivity contribution in [1.29, 1.82) is 0 Å². The lowest BCUT2D eigenvalue weighted by Gasteiger charge is -2.15. The van der Waals surface area contributed by atoms with E-state index in [0.29, 0.717) is 41.3 Å². The van der Waals surface area contributed by atoms with Crippen LogP contribution in [-0.2, 0) is 13.2 Å². The lowest BCUT2D eigenvalue weighted by molar-refractivity contribution is 0.269. The van der Waals surface area contributed by atoms with Crippen LogP contribution < -0.4 is 14.8 Å². The first-order valence-electron chi connectivity index (χ1n) is 7.78. The van der Waals surface area contributed by atoms with Gasteiger partial charge in [0.15, 0.2) is 11.5 Å².